The lowest BCUT2D eigenvalue weighted by Gasteiger charge is -2.03. The molecule has 0 unspecified atom stereocenters. The molecule has 0 aliphatic carbocycles. The summed E-state index contributed by atoms with van der Waals surface area (Å²) in [6.45, 7) is 5.06. The van der Waals surface area contributed by atoms with E-state index in [2.05, 4.69) is 34.0 Å². The molecule has 4 aromatic rings. The van der Waals surface area contributed by atoms with E-state index < -0.39 is 0 Å². The highest BCUT2D eigenvalue weighted by Crippen LogP contribution is 2.33. The minimum atomic E-state index is -0.368. The number of rotatable bonds is 4. The maximum atomic E-state index is 13.3. The molecule has 0 aliphatic rings. The first-order chi connectivity index (χ1) is 12.1. The number of pyridine rings is 2. The second-order valence-corrected chi connectivity index (χ2v) is 6.36. The smallest absolute Gasteiger partial charge is 0.155 e. The Morgan fingerprint density at radius 3 is 2.76 bits per heavy atom. The Balaban J connectivity index is 1.92. The van der Waals surface area contributed by atoms with Gasteiger partial charge in [0.1, 0.15) is 11.5 Å². The average molecular weight is 336 g/mol. The largest absolute Gasteiger partial charge is 0.271 e. The summed E-state index contributed by atoms with van der Waals surface area (Å²) in [6.07, 6.45) is 6.69. The fraction of sp³-hybridized carbons (Fsp3) is 0.222. The lowest BCUT2D eigenvalue weighted by atomic mass is 10.0. The fourth-order valence-electron chi connectivity index (χ4n) is 2.88. The summed E-state index contributed by atoms with van der Waals surface area (Å²) in [5.74, 6) is 0.0845. The van der Waals surface area contributed by atoms with E-state index in [1.165, 1.54) is 12.3 Å². The van der Waals surface area contributed by atoms with Crippen molar-refractivity contribution in [3.63, 3.8) is 0 Å². The minimum absolute atomic E-state index is 0.368. The van der Waals surface area contributed by atoms with Gasteiger partial charge in [0.25, 0.3) is 0 Å². The third kappa shape index (κ3) is 2.88. The summed E-state index contributed by atoms with van der Waals surface area (Å²) < 4.78 is 15.2. The topological polar surface area (TPSA) is 72.3 Å². The van der Waals surface area contributed by atoms with Crippen LogP contribution in [-0.2, 0) is 6.54 Å². The Labute approximate surface area is 143 Å². The molecule has 1 N–H and O–H groups in total. The van der Waals surface area contributed by atoms with E-state index in [1.807, 2.05) is 16.9 Å². The first kappa shape index (κ1) is 15.4. The summed E-state index contributed by atoms with van der Waals surface area (Å²) in [7, 11) is 0. The molecule has 6 nitrogen and oxygen atoms in total. The third-order valence-electron chi connectivity index (χ3n) is 3.93. The van der Waals surface area contributed by atoms with Crippen molar-refractivity contribution in [1.29, 1.82) is 0 Å². The van der Waals surface area contributed by atoms with E-state index in [1.54, 1.807) is 18.5 Å². The molecule has 4 aromatic heterocycles. The molecule has 0 fully saturated rings. The van der Waals surface area contributed by atoms with Gasteiger partial charge in [-0.15, -0.1) is 0 Å². The van der Waals surface area contributed by atoms with E-state index in [-0.39, 0.29) is 5.82 Å². The second kappa shape index (κ2) is 6.08. The number of hydrogen-bond donors (Lipinski definition) is 1. The molecule has 0 saturated carbocycles. The van der Waals surface area contributed by atoms with Crippen LogP contribution in [0.4, 0.5) is 4.39 Å². The van der Waals surface area contributed by atoms with Gasteiger partial charge in [-0.3, -0.25) is 14.8 Å². The van der Waals surface area contributed by atoms with Crippen LogP contribution in [0.2, 0.25) is 0 Å². The van der Waals surface area contributed by atoms with E-state index in [9.17, 15) is 4.39 Å². The SMILES string of the molecule is CC(C)Cn1cc(-c2ccnc3[nH]ncc23)c(-c2ccc(F)cn2)n1. The van der Waals surface area contributed by atoms with Crippen LogP contribution in [-0.4, -0.2) is 29.9 Å². The van der Waals surface area contributed by atoms with Gasteiger partial charge >= 0.3 is 0 Å². The number of fused-ring (bicyclic) bond motifs is 1. The Bertz CT molecular complexity index is 1020. The molecule has 4 rings (SSSR count). The van der Waals surface area contributed by atoms with Gasteiger partial charge in [-0.1, -0.05) is 13.8 Å². The van der Waals surface area contributed by atoms with Crippen molar-refractivity contribution in [3.05, 3.63) is 48.8 Å². The maximum Gasteiger partial charge on any atom is 0.155 e. The highest BCUT2D eigenvalue weighted by molar-refractivity contribution is 5.95. The standard InChI is InChI=1S/C18H17FN6/c1-11(2)9-25-10-15(13-5-6-20-18-14(13)8-22-23-18)17(24-25)16-4-3-12(19)7-21-16/h3-8,10-11H,9H2,1-2H3,(H,20,22,23). The van der Waals surface area contributed by atoms with Crippen molar-refractivity contribution in [2.75, 3.05) is 0 Å². The number of halogens is 1. The molecule has 0 aliphatic heterocycles. The van der Waals surface area contributed by atoms with Crippen molar-refractivity contribution >= 4 is 11.0 Å². The van der Waals surface area contributed by atoms with E-state index in [0.29, 0.717) is 23.0 Å². The Morgan fingerprint density at radius 2 is 2.00 bits per heavy atom. The Kier molecular flexibility index (Phi) is 3.76. The number of aromatic amines is 1. The number of hydrogen-bond acceptors (Lipinski definition) is 4. The highest BCUT2D eigenvalue weighted by Gasteiger charge is 2.17. The van der Waals surface area contributed by atoms with Crippen LogP contribution in [0.25, 0.3) is 33.5 Å². The van der Waals surface area contributed by atoms with Gasteiger partial charge in [-0.2, -0.15) is 10.2 Å². The molecule has 0 aromatic carbocycles. The second-order valence-electron chi connectivity index (χ2n) is 6.36. The molecule has 0 radical (unpaired) electrons. The quantitative estimate of drug-likeness (QED) is 0.617. The van der Waals surface area contributed by atoms with Crippen LogP contribution in [0.3, 0.4) is 0 Å². The van der Waals surface area contributed by atoms with Gasteiger partial charge < -0.3 is 0 Å². The Hall–Kier alpha value is -3.09. The van der Waals surface area contributed by atoms with Crippen LogP contribution in [0.15, 0.2) is 43.0 Å². The summed E-state index contributed by atoms with van der Waals surface area (Å²) >= 11 is 0. The summed E-state index contributed by atoms with van der Waals surface area (Å²) in [5.41, 5.74) is 3.96. The zero-order chi connectivity index (χ0) is 17.4. The third-order valence-corrected chi connectivity index (χ3v) is 3.93. The molecule has 0 atom stereocenters. The summed E-state index contributed by atoms with van der Waals surface area (Å²) in [5, 5.41) is 12.6. The monoisotopic (exact) mass is 336 g/mol. The molecule has 0 bridgehead atoms. The highest BCUT2D eigenvalue weighted by atomic mass is 19.1. The average Bonchev–Trinajstić information content (AvgIpc) is 3.21. The normalized spacial score (nSPS) is 11.5. The molecule has 0 amide bonds. The van der Waals surface area contributed by atoms with Crippen LogP contribution in [0.1, 0.15) is 13.8 Å². The molecule has 4 heterocycles. The zero-order valence-electron chi connectivity index (χ0n) is 13.9. The minimum Gasteiger partial charge on any atom is -0.271 e. The van der Waals surface area contributed by atoms with E-state index >= 15 is 0 Å². The lowest BCUT2D eigenvalue weighted by molar-refractivity contribution is 0.484. The number of H-pyrrole nitrogens is 1. The van der Waals surface area contributed by atoms with Crippen molar-refractivity contribution in [2.24, 2.45) is 5.92 Å². The van der Waals surface area contributed by atoms with Crippen LogP contribution < -0.4 is 0 Å². The van der Waals surface area contributed by atoms with Gasteiger partial charge in [-0.05, 0) is 29.7 Å². The summed E-state index contributed by atoms with van der Waals surface area (Å²) in [4.78, 5) is 8.49. The van der Waals surface area contributed by atoms with Gasteiger partial charge in [-0.25, -0.2) is 9.37 Å². The molecule has 25 heavy (non-hydrogen) atoms. The maximum absolute atomic E-state index is 13.3. The molecular formula is C18H17FN6. The van der Waals surface area contributed by atoms with Crippen molar-refractivity contribution < 1.29 is 4.39 Å². The van der Waals surface area contributed by atoms with E-state index in [0.717, 1.165) is 23.1 Å². The molecule has 0 spiro atoms. The van der Waals surface area contributed by atoms with Gasteiger partial charge in [0.15, 0.2) is 5.65 Å². The Morgan fingerprint density at radius 1 is 1.12 bits per heavy atom. The first-order valence-electron chi connectivity index (χ1n) is 8.09. The van der Waals surface area contributed by atoms with E-state index in [4.69, 9.17) is 5.10 Å². The van der Waals surface area contributed by atoms with Gasteiger partial charge in [0.05, 0.1) is 18.1 Å². The van der Waals surface area contributed by atoms with Gasteiger partial charge in [0, 0.05) is 29.9 Å². The predicted octanol–water partition coefficient (Wildman–Crippen LogP) is 3.68. The predicted molar refractivity (Wildman–Crippen MR) is 93.1 cm³/mol. The van der Waals surface area contributed by atoms with Crippen molar-refractivity contribution in [2.45, 2.75) is 20.4 Å². The molecule has 126 valence electrons. The number of nitrogens with zero attached hydrogens (tertiary/aromatic N) is 5. The summed E-state index contributed by atoms with van der Waals surface area (Å²) in [6, 6.07) is 4.98. The first-order valence-corrected chi connectivity index (χ1v) is 8.09. The fourth-order valence-corrected chi connectivity index (χ4v) is 2.88. The van der Waals surface area contributed by atoms with Gasteiger partial charge in [0.2, 0.25) is 0 Å². The molecule has 7 heteroatoms. The van der Waals surface area contributed by atoms with Crippen LogP contribution in [0, 0.1) is 11.7 Å². The number of nitrogens with one attached hydrogen (secondary N) is 1. The van der Waals surface area contributed by atoms with Crippen molar-refractivity contribution in [1.82, 2.24) is 29.9 Å². The number of aromatic nitrogens is 6. The lowest BCUT2D eigenvalue weighted by Crippen LogP contribution is -2.04. The van der Waals surface area contributed by atoms with Crippen LogP contribution >= 0.6 is 0 Å². The molecule has 0 saturated heterocycles. The van der Waals surface area contributed by atoms with Crippen LogP contribution in [0.5, 0.6) is 0 Å². The zero-order valence-corrected chi connectivity index (χ0v) is 13.9. The van der Waals surface area contributed by atoms with Crippen molar-refractivity contribution in [3.8, 4) is 22.5 Å². The molecular weight excluding hydrogens is 319 g/mol.